The van der Waals surface area contributed by atoms with E-state index >= 15 is 0 Å². The van der Waals surface area contributed by atoms with E-state index in [0.717, 1.165) is 11.8 Å². The van der Waals surface area contributed by atoms with Crippen molar-refractivity contribution in [2.45, 2.75) is 25.8 Å². The standard InChI is InChI=1S/C19H20N2O7/c1-3-28-18(27)19(17(25)26,20-12(2)22)10-6-7-11-21-15(23)13-8-4-5-9-14(13)16(21)24/h4-9H,3,10-11H2,1-2H3,(H,20,22)(H,25,26)/b7-6+. The van der Waals surface area contributed by atoms with E-state index in [1.165, 1.54) is 19.1 Å². The first-order chi connectivity index (χ1) is 13.2. The van der Waals surface area contributed by atoms with Crippen LogP contribution in [0, 0.1) is 0 Å². The molecule has 1 unspecified atom stereocenters. The van der Waals surface area contributed by atoms with E-state index in [1.54, 1.807) is 24.3 Å². The minimum atomic E-state index is -2.29. The zero-order valence-electron chi connectivity index (χ0n) is 15.4. The van der Waals surface area contributed by atoms with Crippen molar-refractivity contribution in [3.8, 4) is 0 Å². The second-order valence-electron chi connectivity index (χ2n) is 6.05. The molecular formula is C19H20N2O7. The highest BCUT2D eigenvalue weighted by Crippen LogP contribution is 2.22. The minimum absolute atomic E-state index is 0.0633. The summed E-state index contributed by atoms with van der Waals surface area (Å²) in [4.78, 5) is 60.9. The molecule has 0 bridgehead atoms. The van der Waals surface area contributed by atoms with E-state index in [0.29, 0.717) is 11.1 Å². The summed E-state index contributed by atoms with van der Waals surface area (Å²) in [5.41, 5.74) is -1.70. The fraction of sp³-hybridized carbons (Fsp3) is 0.316. The number of carboxylic acid groups (broad SMARTS) is 1. The van der Waals surface area contributed by atoms with Crippen molar-refractivity contribution in [3.63, 3.8) is 0 Å². The van der Waals surface area contributed by atoms with Crippen molar-refractivity contribution in [3.05, 3.63) is 47.5 Å². The zero-order chi connectivity index (χ0) is 20.9. The fourth-order valence-corrected chi connectivity index (χ4v) is 2.81. The van der Waals surface area contributed by atoms with Gasteiger partial charge in [0.05, 0.1) is 17.7 Å². The lowest BCUT2D eigenvalue weighted by atomic mass is 9.94. The van der Waals surface area contributed by atoms with Crippen LogP contribution in [0.3, 0.4) is 0 Å². The molecule has 9 nitrogen and oxygen atoms in total. The van der Waals surface area contributed by atoms with Crippen LogP contribution >= 0.6 is 0 Å². The van der Waals surface area contributed by atoms with E-state index in [9.17, 15) is 29.1 Å². The molecule has 2 rings (SSSR count). The van der Waals surface area contributed by atoms with Gasteiger partial charge in [-0.3, -0.25) is 19.3 Å². The SMILES string of the molecule is CCOC(=O)C(C/C=C/CN1C(=O)c2ccccc2C1=O)(NC(C)=O)C(=O)O. The van der Waals surface area contributed by atoms with Gasteiger partial charge in [0.15, 0.2) is 0 Å². The van der Waals surface area contributed by atoms with Crippen LogP contribution in [0.15, 0.2) is 36.4 Å². The van der Waals surface area contributed by atoms with Gasteiger partial charge in [0, 0.05) is 19.9 Å². The number of nitrogens with one attached hydrogen (secondary N) is 1. The number of imide groups is 1. The van der Waals surface area contributed by atoms with Gasteiger partial charge in [-0.05, 0) is 19.1 Å². The summed E-state index contributed by atoms with van der Waals surface area (Å²) in [6.45, 7) is 2.42. The molecule has 1 aromatic rings. The molecule has 3 amide bonds. The number of aliphatic carboxylic acids is 1. The number of hydrogen-bond donors (Lipinski definition) is 2. The average Bonchev–Trinajstić information content (AvgIpc) is 2.88. The van der Waals surface area contributed by atoms with E-state index in [-0.39, 0.29) is 13.2 Å². The van der Waals surface area contributed by atoms with Gasteiger partial charge < -0.3 is 15.2 Å². The van der Waals surface area contributed by atoms with Crippen molar-refractivity contribution < 1.29 is 33.8 Å². The minimum Gasteiger partial charge on any atom is -0.479 e. The molecule has 9 heteroatoms. The Morgan fingerprint density at radius 2 is 1.71 bits per heavy atom. The van der Waals surface area contributed by atoms with Crippen molar-refractivity contribution in [2.24, 2.45) is 0 Å². The summed E-state index contributed by atoms with van der Waals surface area (Å²) in [6.07, 6.45) is 2.29. The number of fused-ring (bicyclic) bond motifs is 1. The first kappa shape index (κ1) is 20.8. The molecule has 1 aliphatic rings. The van der Waals surface area contributed by atoms with Crippen LogP contribution < -0.4 is 5.32 Å². The maximum Gasteiger partial charge on any atom is 0.344 e. The smallest absolute Gasteiger partial charge is 0.344 e. The van der Waals surface area contributed by atoms with Gasteiger partial charge in [0.2, 0.25) is 11.4 Å². The Morgan fingerprint density at radius 3 is 2.18 bits per heavy atom. The molecule has 0 aliphatic carbocycles. The van der Waals surface area contributed by atoms with E-state index in [4.69, 9.17) is 4.74 Å². The number of ether oxygens (including phenoxy) is 1. The lowest BCUT2D eigenvalue weighted by molar-refractivity contribution is -0.164. The third-order valence-electron chi connectivity index (χ3n) is 4.14. The van der Waals surface area contributed by atoms with Crippen LogP contribution in [0.5, 0.6) is 0 Å². The normalized spacial score (nSPS) is 15.3. The molecule has 28 heavy (non-hydrogen) atoms. The summed E-state index contributed by atoms with van der Waals surface area (Å²) in [6, 6.07) is 6.40. The third-order valence-corrected chi connectivity index (χ3v) is 4.14. The van der Waals surface area contributed by atoms with Crippen LogP contribution in [-0.2, 0) is 19.1 Å². The summed E-state index contributed by atoms with van der Waals surface area (Å²) < 4.78 is 4.79. The van der Waals surface area contributed by atoms with Crippen molar-refractivity contribution in [1.29, 1.82) is 0 Å². The lowest BCUT2D eigenvalue weighted by Crippen LogP contribution is -2.60. The predicted molar refractivity (Wildman–Crippen MR) is 96.4 cm³/mol. The van der Waals surface area contributed by atoms with Crippen molar-refractivity contribution >= 4 is 29.7 Å². The number of amides is 3. The van der Waals surface area contributed by atoms with Gasteiger partial charge in [-0.2, -0.15) is 0 Å². The average molecular weight is 388 g/mol. The van der Waals surface area contributed by atoms with E-state index in [1.807, 2.05) is 0 Å². The predicted octanol–water partition coefficient (Wildman–Crippen LogP) is 0.752. The molecule has 0 fully saturated rings. The fourth-order valence-electron chi connectivity index (χ4n) is 2.81. The molecule has 0 spiro atoms. The number of benzene rings is 1. The number of hydrogen-bond acceptors (Lipinski definition) is 6. The van der Waals surface area contributed by atoms with Crippen molar-refractivity contribution in [1.82, 2.24) is 10.2 Å². The Labute approximate surface area is 161 Å². The molecule has 1 atom stereocenters. The summed E-state index contributed by atoms with van der Waals surface area (Å²) in [5.74, 6) is -4.32. The van der Waals surface area contributed by atoms with Crippen LogP contribution in [0.2, 0.25) is 0 Å². The highest BCUT2D eigenvalue weighted by molar-refractivity contribution is 6.21. The lowest BCUT2D eigenvalue weighted by Gasteiger charge is -2.26. The molecule has 0 saturated heterocycles. The van der Waals surface area contributed by atoms with Gasteiger partial charge in [-0.25, -0.2) is 9.59 Å². The molecule has 0 saturated carbocycles. The second kappa shape index (κ2) is 8.47. The van der Waals surface area contributed by atoms with Crippen LogP contribution in [-0.4, -0.2) is 58.4 Å². The Bertz CT molecular complexity index is 827. The summed E-state index contributed by atoms with van der Waals surface area (Å²) in [5, 5.41) is 11.6. The number of rotatable bonds is 8. The molecule has 1 heterocycles. The molecule has 1 aromatic carbocycles. The first-order valence-corrected chi connectivity index (χ1v) is 8.54. The molecule has 148 valence electrons. The van der Waals surface area contributed by atoms with E-state index in [2.05, 4.69) is 5.32 Å². The van der Waals surface area contributed by atoms with Crippen molar-refractivity contribution in [2.75, 3.05) is 13.2 Å². The van der Waals surface area contributed by atoms with Gasteiger partial charge >= 0.3 is 11.9 Å². The Morgan fingerprint density at radius 1 is 1.14 bits per heavy atom. The zero-order valence-corrected chi connectivity index (χ0v) is 15.4. The van der Waals surface area contributed by atoms with Crippen LogP contribution in [0.25, 0.3) is 0 Å². The largest absolute Gasteiger partial charge is 0.479 e. The number of carbonyl (C=O) groups is 5. The maximum atomic E-state index is 12.3. The highest BCUT2D eigenvalue weighted by atomic mass is 16.5. The van der Waals surface area contributed by atoms with E-state index < -0.39 is 41.6 Å². The Balaban J connectivity index is 2.15. The summed E-state index contributed by atoms with van der Waals surface area (Å²) in [7, 11) is 0. The Hall–Kier alpha value is -3.49. The quantitative estimate of drug-likeness (QED) is 0.291. The molecule has 2 N–H and O–H groups in total. The summed E-state index contributed by atoms with van der Waals surface area (Å²) >= 11 is 0. The van der Waals surface area contributed by atoms with Gasteiger partial charge in [0.25, 0.3) is 11.8 Å². The monoisotopic (exact) mass is 388 g/mol. The number of nitrogens with zero attached hydrogens (tertiary/aromatic N) is 1. The maximum absolute atomic E-state index is 12.3. The van der Waals surface area contributed by atoms with Gasteiger partial charge in [-0.1, -0.05) is 24.3 Å². The number of carboxylic acids is 1. The third kappa shape index (κ3) is 3.93. The molecular weight excluding hydrogens is 368 g/mol. The van der Waals surface area contributed by atoms with Crippen LogP contribution in [0.4, 0.5) is 0 Å². The highest BCUT2D eigenvalue weighted by Gasteiger charge is 2.48. The first-order valence-electron chi connectivity index (χ1n) is 8.54. The van der Waals surface area contributed by atoms with Gasteiger partial charge in [0.1, 0.15) is 0 Å². The molecule has 0 radical (unpaired) electrons. The topological polar surface area (TPSA) is 130 Å². The molecule has 0 aromatic heterocycles. The Kier molecular flexibility index (Phi) is 6.29. The number of carbonyl (C=O) groups excluding carboxylic acids is 4. The van der Waals surface area contributed by atoms with Gasteiger partial charge in [-0.15, -0.1) is 0 Å². The van der Waals surface area contributed by atoms with Crippen LogP contribution in [0.1, 0.15) is 41.0 Å². The number of esters is 1. The molecule has 1 aliphatic heterocycles. The second-order valence-corrected chi connectivity index (χ2v) is 6.05.